The van der Waals surface area contributed by atoms with Crippen LogP contribution in [0.25, 0.3) is 0 Å². The molecule has 0 radical (unpaired) electrons. The highest BCUT2D eigenvalue weighted by Gasteiger charge is 2.55. The first-order valence-electron chi connectivity index (χ1n) is 9.43. The second kappa shape index (κ2) is 7.73. The van der Waals surface area contributed by atoms with Gasteiger partial charge in [0.25, 0.3) is 0 Å². The van der Waals surface area contributed by atoms with E-state index in [-0.39, 0.29) is 11.9 Å². The highest BCUT2D eigenvalue weighted by Crippen LogP contribution is 2.53. The van der Waals surface area contributed by atoms with E-state index in [1.807, 2.05) is 61.5 Å². The maximum Gasteiger partial charge on any atom is 0.311 e. The minimum Gasteiger partial charge on any atom is -0.497 e. The van der Waals surface area contributed by atoms with Gasteiger partial charge >= 0.3 is 5.97 Å². The molecule has 1 N–H and O–H groups in total. The number of hydrogen-bond donors (Lipinski definition) is 1. The van der Waals surface area contributed by atoms with Crippen LogP contribution >= 0.6 is 0 Å². The predicted molar refractivity (Wildman–Crippen MR) is 105 cm³/mol. The molecule has 0 heterocycles. The van der Waals surface area contributed by atoms with Crippen LogP contribution in [0.2, 0.25) is 0 Å². The number of esters is 1. The molecule has 0 unspecified atom stereocenters. The number of rotatable bonds is 5. The van der Waals surface area contributed by atoms with Gasteiger partial charge in [0, 0.05) is 5.92 Å². The van der Waals surface area contributed by atoms with E-state index in [4.69, 9.17) is 9.47 Å². The van der Waals surface area contributed by atoms with E-state index in [1.165, 1.54) is 7.11 Å². The molecule has 3 atom stereocenters. The average Bonchev–Trinajstić information content (AvgIpc) is 2.71. The Morgan fingerprint density at radius 1 is 1.07 bits per heavy atom. The second-order valence-electron chi connectivity index (χ2n) is 7.66. The molecule has 0 aromatic heterocycles. The van der Waals surface area contributed by atoms with Gasteiger partial charge in [-0.05, 0) is 55.9 Å². The molecular weight excluding hydrogens is 340 g/mol. The number of benzene rings is 2. The minimum atomic E-state index is -1.11. The monoisotopic (exact) mass is 368 g/mol. The van der Waals surface area contributed by atoms with E-state index in [1.54, 1.807) is 7.11 Å². The molecule has 3 rings (SSSR count). The Morgan fingerprint density at radius 2 is 1.74 bits per heavy atom. The van der Waals surface area contributed by atoms with E-state index in [0.717, 1.165) is 23.3 Å². The van der Waals surface area contributed by atoms with E-state index in [0.29, 0.717) is 19.3 Å². The maximum atomic E-state index is 12.8. The Kier molecular flexibility index (Phi) is 5.56. The van der Waals surface area contributed by atoms with Crippen LogP contribution in [0.5, 0.6) is 5.75 Å². The fourth-order valence-corrected chi connectivity index (χ4v) is 4.55. The molecule has 1 aliphatic rings. The summed E-state index contributed by atoms with van der Waals surface area (Å²) in [6.07, 6.45) is 2.69. The quantitative estimate of drug-likeness (QED) is 0.807. The number of hydrogen-bond acceptors (Lipinski definition) is 4. The van der Waals surface area contributed by atoms with Crippen LogP contribution < -0.4 is 4.74 Å². The van der Waals surface area contributed by atoms with Crippen molar-refractivity contribution in [1.82, 2.24) is 0 Å². The summed E-state index contributed by atoms with van der Waals surface area (Å²) in [5, 5.41) is 11.9. The molecule has 0 spiro atoms. The van der Waals surface area contributed by atoms with E-state index < -0.39 is 11.0 Å². The molecule has 2 aromatic carbocycles. The van der Waals surface area contributed by atoms with Crippen LogP contribution in [0.3, 0.4) is 0 Å². The summed E-state index contributed by atoms with van der Waals surface area (Å²) in [5.74, 6) is 0.200. The topological polar surface area (TPSA) is 55.8 Å². The average molecular weight is 368 g/mol. The van der Waals surface area contributed by atoms with Crippen LogP contribution in [-0.4, -0.2) is 25.3 Å². The van der Waals surface area contributed by atoms with Gasteiger partial charge in [-0.3, -0.25) is 4.79 Å². The van der Waals surface area contributed by atoms with Crippen molar-refractivity contribution in [2.75, 3.05) is 14.2 Å². The van der Waals surface area contributed by atoms with E-state index >= 15 is 0 Å². The Balaban J connectivity index is 2.06. The zero-order valence-corrected chi connectivity index (χ0v) is 16.3. The van der Waals surface area contributed by atoms with Gasteiger partial charge < -0.3 is 14.6 Å². The fraction of sp³-hybridized carbons (Fsp3) is 0.435. The summed E-state index contributed by atoms with van der Waals surface area (Å²) in [6.45, 7) is 1.93. The summed E-state index contributed by atoms with van der Waals surface area (Å²) < 4.78 is 10.4. The summed E-state index contributed by atoms with van der Waals surface area (Å²) in [6, 6.07) is 17.6. The van der Waals surface area contributed by atoms with Crippen molar-refractivity contribution in [1.29, 1.82) is 0 Å². The smallest absolute Gasteiger partial charge is 0.311 e. The van der Waals surface area contributed by atoms with Crippen molar-refractivity contribution < 1.29 is 19.4 Å². The highest BCUT2D eigenvalue weighted by molar-refractivity contribution is 5.77. The predicted octanol–water partition coefficient (Wildman–Crippen LogP) is 4.10. The third-order valence-electron chi connectivity index (χ3n) is 6.12. The van der Waals surface area contributed by atoms with Gasteiger partial charge in [0.1, 0.15) is 5.75 Å². The molecule has 0 bridgehead atoms. The lowest BCUT2D eigenvalue weighted by atomic mass is 9.57. The van der Waals surface area contributed by atoms with Crippen LogP contribution in [0.4, 0.5) is 0 Å². The third kappa shape index (κ3) is 3.59. The molecule has 1 fully saturated rings. The summed E-state index contributed by atoms with van der Waals surface area (Å²) >= 11 is 0. The number of carbonyl (C=O) groups excluding carboxylic acids is 1. The van der Waals surface area contributed by atoms with Crippen molar-refractivity contribution in [3.8, 4) is 5.75 Å². The molecule has 4 nitrogen and oxygen atoms in total. The molecule has 0 amide bonds. The lowest BCUT2D eigenvalue weighted by molar-refractivity contribution is -0.174. The zero-order valence-electron chi connectivity index (χ0n) is 16.3. The van der Waals surface area contributed by atoms with Crippen LogP contribution in [0.1, 0.15) is 37.3 Å². The van der Waals surface area contributed by atoms with Gasteiger partial charge in [-0.2, -0.15) is 0 Å². The Morgan fingerprint density at radius 3 is 2.33 bits per heavy atom. The lowest BCUT2D eigenvalue weighted by Gasteiger charge is -2.49. The first kappa shape index (κ1) is 19.4. The van der Waals surface area contributed by atoms with Crippen LogP contribution in [0.15, 0.2) is 54.6 Å². The summed E-state index contributed by atoms with van der Waals surface area (Å²) in [7, 11) is 3.05. The Hall–Kier alpha value is -2.33. The van der Waals surface area contributed by atoms with Crippen molar-refractivity contribution >= 4 is 5.97 Å². The molecular formula is C23H28O4. The first-order valence-corrected chi connectivity index (χ1v) is 9.43. The molecule has 27 heavy (non-hydrogen) atoms. The lowest BCUT2D eigenvalue weighted by Crippen LogP contribution is -2.53. The van der Waals surface area contributed by atoms with Gasteiger partial charge in [-0.1, -0.05) is 42.5 Å². The molecule has 0 saturated heterocycles. The SMILES string of the molecule is COC(=O)[C@@]1(C)CCC[C@](O)(c2ccc(OC)cc2)[C@@H]1Cc1ccccc1. The number of carbonyl (C=O) groups is 1. The normalized spacial score (nSPS) is 27.8. The fourth-order valence-electron chi connectivity index (χ4n) is 4.55. The van der Waals surface area contributed by atoms with Crippen molar-refractivity contribution in [3.05, 3.63) is 65.7 Å². The molecule has 0 aliphatic heterocycles. The first-order chi connectivity index (χ1) is 12.9. The number of methoxy groups -OCH3 is 2. The summed E-state index contributed by atoms with van der Waals surface area (Å²) in [5.41, 5.74) is 0.0615. The van der Waals surface area contributed by atoms with Crippen LogP contribution in [0, 0.1) is 11.3 Å². The minimum absolute atomic E-state index is 0.255. The molecule has 1 aliphatic carbocycles. The van der Waals surface area contributed by atoms with Gasteiger partial charge in [-0.25, -0.2) is 0 Å². The largest absolute Gasteiger partial charge is 0.497 e. The van der Waals surface area contributed by atoms with Crippen LogP contribution in [-0.2, 0) is 21.6 Å². The third-order valence-corrected chi connectivity index (χ3v) is 6.12. The molecule has 1 saturated carbocycles. The Bertz CT molecular complexity index is 771. The zero-order chi connectivity index (χ0) is 19.5. The van der Waals surface area contributed by atoms with Gasteiger partial charge in [0.15, 0.2) is 0 Å². The van der Waals surface area contributed by atoms with Crippen molar-refractivity contribution in [2.45, 2.75) is 38.2 Å². The number of aliphatic hydroxyl groups is 1. The highest BCUT2D eigenvalue weighted by atomic mass is 16.5. The number of ether oxygens (including phenoxy) is 2. The molecule has 4 heteroatoms. The Labute approximate surface area is 161 Å². The van der Waals surface area contributed by atoms with E-state index in [2.05, 4.69) is 0 Å². The summed E-state index contributed by atoms with van der Waals surface area (Å²) in [4.78, 5) is 12.8. The molecule has 2 aromatic rings. The van der Waals surface area contributed by atoms with E-state index in [9.17, 15) is 9.90 Å². The van der Waals surface area contributed by atoms with Gasteiger partial charge in [-0.15, -0.1) is 0 Å². The van der Waals surface area contributed by atoms with Gasteiger partial charge in [0.05, 0.1) is 25.2 Å². The van der Waals surface area contributed by atoms with Gasteiger partial charge in [0.2, 0.25) is 0 Å². The maximum absolute atomic E-state index is 12.8. The van der Waals surface area contributed by atoms with Crippen molar-refractivity contribution in [3.63, 3.8) is 0 Å². The second-order valence-corrected chi connectivity index (χ2v) is 7.66. The van der Waals surface area contributed by atoms with Crippen molar-refractivity contribution in [2.24, 2.45) is 11.3 Å². The molecule has 144 valence electrons. The standard InChI is InChI=1S/C23H28O4/c1-22(21(24)27-3)14-7-15-23(25,18-10-12-19(26-2)13-11-18)20(22)16-17-8-5-4-6-9-17/h4-6,8-13,20,25H,7,14-16H2,1-3H3/t20-,22+,23+/m1/s1.